The summed E-state index contributed by atoms with van der Waals surface area (Å²) in [6.45, 7) is 3.07. The van der Waals surface area contributed by atoms with Crippen LogP contribution in [0.1, 0.15) is 24.8 Å². The third kappa shape index (κ3) is 3.44. The Bertz CT molecular complexity index is 517. The fraction of sp³-hybridized carbons (Fsp3) is 0.429. The van der Waals surface area contributed by atoms with Crippen LogP contribution in [0.3, 0.4) is 0 Å². The minimum Gasteiger partial charge on any atom is -0.334 e. The van der Waals surface area contributed by atoms with Crippen LogP contribution in [-0.2, 0) is 9.59 Å². The number of piperidine rings is 1. The lowest BCUT2D eigenvalue weighted by molar-refractivity contribution is -0.143. The van der Waals surface area contributed by atoms with Crippen LogP contribution in [0.5, 0.6) is 0 Å². The number of rotatable bonds is 1. The van der Waals surface area contributed by atoms with Gasteiger partial charge in [0.05, 0.1) is 0 Å². The number of carbonyl (C=O) groups excluding carboxylic acids is 2. The first-order valence-corrected chi connectivity index (χ1v) is 7.30. The topological polar surface area (TPSA) is 49.4 Å². The van der Waals surface area contributed by atoms with Gasteiger partial charge in [0.2, 0.25) is 0 Å². The average Bonchev–Trinajstić information content (AvgIpc) is 2.44. The predicted octanol–water partition coefficient (Wildman–Crippen LogP) is 3.25. The van der Waals surface area contributed by atoms with Crippen molar-refractivity contribution in [3.05, 3.63) is 27.7 Å². The fourth-order valence-corrected chi connectivity index (χ4v) is 2.63. The van der Waals surface area contributed by atoms with E-state index in [4.69, 9.17) is 23.2 Å². The molecule has 0 bridgehead atoms. The molecule has 1 aliphatic rings. The standard InChI is InChI=1S/C14H16Cl2N2O2/c1-9-11(15)7-10(8-12(9)16)17-13(19)14(20)18-5-3-2-4-6-18/h7-8H,2-6H2,1H3,(H,17,19). The molecule has 0 unspecified atom stereocenters. The van der Waals surface area contributed by atoms with Gasteiger partial charge in [-0.1, -0.05) is 23.2 Å². The number of nitrogens with one attached hydrogen (secondary N) is 1. The van der Waals surface area contributed by atoms with E-state index in [2.05, 4.69) is 5.32 Å². The van der Waals surface area contributed by atoms with E-state index >= 15 is 0 Å². The summed E-state index contributed by atoms with van der Waals surface area (Å²) >= 11 is 12.0. The van der Waals surface area contributed by atoms with Gasteiger partial charge in [-0.15, -0.1) is 0 Å². The maximum atomic E-state index is 12.0. The molecule has 1 N–H and O–H groups in total. The average molecular weight is 315 g/mol. The molecule has 0 saturated carbocycles. The number of anilines is 1. The summed E-state index contributed by atoms with van der Waals surface area (Å²) in [5.41, 5.74) is 1.18. The van der Waals surface area contributed by atoms with Crippen LogP contribution in [0.15, 0.2) is 12.1 Å². The number of hydrogen-bond donors (Lipinski definition) is 1. The van der Waals surface area contributed by atoms with E-state index in [0.717, 1.165) is 24.8 Å². The zero-order valence-corrected chi connectivity index (χ0v) is 12.7. The van der Waals surface area contributed by atoms with Crippen molar-refractivity contribution < 1.29 is 9.59 Å². The molecule has 2 rings (SSSR count). The van der Waals surface area contributed by atoms with Crippen molar-refractivity contribution in [2.24, 2.45) is 0 Å². The molecule has 0 radical (unpaired) electrons. The molecule has 108 valence electrons. The Morgan fingerprint density at radius 2 is 1.65 bits per heavy atom. The van der Waals surface area contributed by atoms with Gasteiger partial charge in [0, 0.05) is 28.8 Å². The summed E-state index contributed by atoms with van der Waals surface area (Å²) in [7, 11) is 0. The summed E-state index contributed by atoms with van der Waals surface area (Å²) in [5, 5.41) is 3.46. The van der Waals surface area contributed by atoms with Crippen molar-refractivity contribution in [1.29, 1.82) is 0 Å². The molecule has 2 amide bonds. The zero-order chi connectivity index (χ0) is 14.7. The lowest BCUT2D eigenvalue weighted by Gasteiger charge is -2.25. The number of likely N-dealkylation sites (tertiary alicyclic amines) is 1. The Hall–Kier alpha value is -1.26. The van der Waals surface area contributed by atoms with E-state index in [-0.39, 0.29) is 0 Å². The second-order valence-corrected chi connectivity index (χ2v) is 5.69. The number of benzene rings is 1. The minimum atomic E-state index is -0.650. The van der Waals surface area contributed by atoms with Crippen LogP contribution >= 0.6 is 23.2 Å². The monoisotopic (exact) mass is 314 g/mol. The fourth-order valence-electron chi connectivity index (χ4n) is 2.14. The van der Waals surface area contributed by atoms with Crippen LogP contribution in [0, 0.1) is 6.92 Å². The number of amides is 2. The number of hydrogen-bond acceptors (Lipinski definition) is 2. The Morgan fingerprint density at radius 1 is 1.10 bits per heavy atom. The molecule has 1 saturated heterocycles. The first kappa shape index (κ1) is 15.1. The van der Waals surface area contributed by atoms with Crippen molar-refractivity contribution in [2.75, 3.05) is 18.4 Å². The summed E-state index contributed by atoms with van der Waals surface area (Å²) in [6.07, 6.45) is 3.00. The lowest BCUT2D eigenvalue weighted by atomic mass is 10.1. The van der Waals surface area contributed by atoms with Gasteiger partial charge in [-0.25, -0.2) is 0 Å². The highest BCUT2D eigenvalue weighted by Crippen LogP contribution is 2.28. The highest BCUT2D eigenvalue weighted by atomic mass is 35.5. The van der Waals surface area contributed by atoms with Crippen molar-refractivity contribution >= 4 is 40.7 Å². The summed E-state index contributed by atoms with van der Waals surface area (Å²) < 4.78 is 0. The second-order valence-electron chi connectivity index (χ2n) is 4.87. The lowest BCUT2D eigenvalue weighted by Crippen LogP contribution is -2.42. The quantitative estimate of drug-likeness (QED) is 0.809. The molecule has 1 aromatic rings. The molecule has 0 atom stereocenters. The Labute approximate surface area is 128 Å². The first-order valence-electron chi connectivity index (χ1n) is 6.55. The van der Waals surface area contributed by atoms with Gasteiger partial charge in [-0.05, 0) is 43.9 Å². The number of nitrogens with zero attached hydrogens (tertiary/aromatic N) is 1. The van der Waals surface area contributed by atoms with E-state index in [0.29, 0.717) is 28.8 Å². The van der Waals surface area contributed by atoms with E-state index in [1.165, 1.54) is 0 Å². The minimum absolute atomic E-state index is 0.431. The predicted molar refractivity (Wildman–Crippen MR) is 80.3 cm³/mol. The van der Waals surface area contributed by atoms with Gasteiger partial charge < -0.3 is 10.2 Å². The van der Waals surface area contributed by atoms with E-state index < -0.39 is 11.8 Å². The molecule has 0 aliphatic carbocycles. The molecule has 6 heteroatoms. The third-order valence-electron chi connectivity index (χ3n) is 3.38. The largest absolute Gasteiger partial charge is 0.334 e. The van der Waals surface area contributed by atoms with Crippen LogP contribution in [-0.4, -0.2) is 29.8 Å². The van der Waals surface area contributed by atoms with Crippen LogP contribution < -0.4 is 5.32 Å². The van der Waals surface area contributed by atoms with E-state index in [9.17, 15) is 9.59 Å². The molecule has 0 spiro atoms. The Kier molecular flexibility index (Phi) is 4.89. The highest BCUT2D eigenvalue weighted by molar-refractivity contribution is 6.40. The van der Waals surface area contributed by atoms with Crippen LogP contribution in [0.4, 0.5) is 5.69 Å². The van der Waals surface area contributed by atoms with Gasteiger partial charge in [-0.2, -0.15) is 0 Å². The smallest absolute Gasteiger partial charge is 0.313 e. The van der Waals surface area contributed by atoms with Crippen molar-refractivity contribution in [2.45, 2.75) is 26.2 Å². The van der Waals surface area contributed by atoms with Crippen LogP contribution in [0.2, 0.25) is 10.0 Å². The van der Waals surface area contributed by atoms with Crippen molar-refractivity contribution in [1.82, 2.24) is 4.90 Å². The summed E-state index contributed by atoms with van der Waals surface area (Å²) in [4.78, 5) is 25.5. The molecular formula is C14H16Cl2N2O2. The molecule has 1 fully saturated rings. The SMILES string of the molecule is Cc1c(Cl)cc(NC(=O)C(=O)N2CCCCC2)cc1Cl. The third-order valence-corrected chi connectivity index (χ3v) is 4.16. The van der Waals surface area contributed by atoms with Crippen molar-refractivity contribution in [3.63, 3.8) is 0 Å². The Balaban J connectivity index is 2.05. The number of halogens is 2. The van der Waals surface area contributed by atoms with E-state index in [1.54, 1.807) is 24.0 Å². The second kappa shape index (κ2) is 6.46. The maximum absolute atomic E-state index is 12.0. The first-order chi connectivity index (χ1) is 9.49. The van der Waals surface area contributed by atoms with Gasteiger partial charge in [-0.3, -0.25) is 9.59 Å². The molecule has 1 aliphatic heterocycles. The molecule has 1 aromatic carbocycles. The van der Waals surface area contributed by atoms with Gasteiger partial charge in [0.15, 0.2) is 0 Å². The molecule has 0 aromatic heterocycles. The Morgan fingerprint density at radius 3 is 2.20 bits per heavy atom. The molecular weight excluding hydrogens is 299 g/mol. The molecule has 1 heterocycles. The van der Waals surface area contributed by atoms with Crippen LogP contribution in [0.25, 0.3) is 0 Å². The van der Waals surface area contributed by atoms with Crippen molar-refractivity contribution in [3.8, 4) is 0 Å². The summed E-state index contributed by atoms with van der Waals surface area (Å²) in [5.74, 6) is -1.15. The van der Waals surface area contributed by atoms with Gasteiger partial charge in [0.1, 0.15) is 0 Å². The molecule has 4 nitrogen and oxygen atoms in total. The zero-order valence-electron chi connectivity index (χ0n) is 11.2. The maximum Gasteiger partial charge on any atom is 0.313 e. The highest BCUT2D eigenvalue weighted by Gasteiger charge is 2.23. The van der Waals surface area contributed by atoms with Gasteiger partial charge in [0.25, 0.3) is 0 Å². The number of carbonyl (C=O) groups is 2. The normalized spacial score (nSPS) is 15.1. The van der Waals surface area contributed by atoms with E-state index in [1.807, 2.05) is 0 Å². The summed E-state index contributed by atoms with van der Waals surface area (Å²) in [6, 6.07) is 3.17. The molecule has 20 heavy (non-hydrogen) atoms. The van der Waals surface area contributed by atoms with Gasteiger partial charge >= 0.3 is 11.8 Å².